The van der Waals surface area contributed by atoms with Crippen LogP contribution < -0.4 is 11.2 Å². The molecule has 0 aliphatic carbocycles. The van der Waals surface area contributed by atoms with E-state index in [0.717, 1.165) is 19.2 Å². The van der Waals surface area contributed by atoms with E-state index in [9.17, 15) is 39.1 Å². The SMILES string of the molecule is CC(C)(C)C(=O)SCCCCOP(=O)(OCCCCSC(=O)C(C)(C)C)OC[C@H](F)[C@@H](O)[C@@](C)(O)[C@@H](O)n1ccc(=O)[nH]c1=O. The number of thioether (sulfide) groups is 2. The minimum absolute atomic E-state index is 0.0297. The topological polar surface area (TPSA) is 194 Å². The summed E-state index contributed by atoms with van der Waals surface area (Å²) in [6.07, 6.45) is -4.27. The Bertz CT molecular complexity index is 1220. The number of aliphatic hydroxyl groups is 3. The second-order valence-electron chi connectivity index (χ2n) is 12.7. The Morgan fingerprint density at radius 2 is 1.38 bits per heavy atom. The second kappa shape index (κ2) is 18.3. The molecule has 0 spiro atoms. The van der Waals surface area contributed by atoms with Gasteiger partial charge in [-0.05, 0) is 32.6 Å². The van der Waals surface area contributed by atoms with Crippen LogP contribution in [0.3, 0.4) is 0 Å². The van der Waals surface area contributed by atoms with Gasteiger partial charge < -0.3 is 15.3 Å². The molecule has 0 saturated heterocycles. The number of aromatic amines is 1. The quantitative estimate of drug-likeness (QED) is 0.120. The molecule has 0 aliphatic heterocycles. The summed E-state index contributed by atoms with van der Waals surface area (Å²) in [5.41, 5.74) is -5.52. The Morgan fingerprint density at radius 1 is 0.911 bits per heavy atom. The normalized spacial score (nSPS) is 16.2. The summed E-state index contributed by atoms with van der Waals surface area (Å²) in [6.45, 7) is 10.5. The number of nitrogens with zero attached hydrogens (tertiary/aromatic N) is 1. The number of halogens is 1. The largest absolute Gasteiger partial charge is 0.474 e. The fourth-order valence-electron chi connectivity index (χ4n) is 3.31. The third-order valence-electron chi connectivity index (χ3n) is 6.24. The van der Waals surface area contributed by atoms with Gasteiger partial charge >= 0.3 is 13.5 Å². The van der Waals surface area contributed by atoms with Crippen LogP contribution in [0.25, 0.3) is 0 Å². The Hall–Kier alpha value is -1.36. The minimum Gasteiger partial charge on any atom is -0.387 e. The molecule has 1 rings (SSSR count). The number of alkyl halides is 1. The first-order valence-corrected chi connectivity index (χ1v) is 18.0. The van der Waals surface area contributed by atoms with Gasteiger partial charge in [0.15, 0.2) is 22.6 Å². The molecule has 0 bridgehead atoms. The lowest BCUT2D eigenvalue weighted by Gasteiger charge is -2.35. The van der Waals surface area contributed by atoms with Gasteiger partial charge in [-0.25, -0.2) is 13.8 Å². The third kappa shape index (κ3) is 14.5. The summed E-state index contributed by atoms with van der Waals surface area (Å²) in [6, 6.07) is 0.885. The maximum absolute atomic E-state index is 15.1. The highest BCUT2D eigenvalue weighted by atomic mass is 32.2. The lowest BCUT2D eigenvalue weighted by molar-refractivity contribution is -0.184. The van der Waals surface area contributed by atoms with Crippen LogP contribution in [0.1, 0.15) is 80.4 Å². The van der Waals surface area contributed by atoms with Gasteiger partial charge in [-0.1, -0.05) is 65.1 Å². The number of phosphoric ester groups is 1. The van der Waals surface area contributed by atoms with E-state index in [1.807, 2.05) is 46.5 Å². The van der Waals surface area contributed by atoms with E-state index in [4.69, 9.17) is 13.6 Å². The number of phosphoric acid groups is 1. The van der Waals surface area contributed by atoms with Crippen LogP contribution in [0, 0.1) is 10.8 Å². The highest BCUT2D eigenvalue weighted by molar-refractivity contribution is 8.14. The van der Waals surface area contributed by atoms with Gasteiger partial charge in [0.05, 0.1) is 19.8 Å². The molecule has 0 unspecified atom stereocenters. The van der Waals surface area contributed by atoms with Crippen LogP contribution in [0.5, 0.6) is 0 Å². The summed E-state index contributed by atoms with van der Waals surface area (Å²) in [7, 11) is -4.39. The molecule has 0 saturated carbocycles. The number of aromatic nitrogens is 2. The minimum atomic E-state index is -4.39. The monoisotopic (exact) mass is 702 g/mol. The van der Waals surface area contributed by atoms with E-state index >= 15 is 4.39 Å². The molecule has 0 radical (unpaired) electrons. The Kier molecular flexibility index (Phi) is 16.9. The molecule has 1 heterocycles. The zero-order valence-corrected chi connectivity index (χ0v) is 29.5. The van der Waals surface area contributed by atoms with Crippen molar-refractivity contribution in [3.05, 3.63) is 33.1 Å². The van der Waals surface area contributed by atoms with Gasteiger partial charge in [0.2, 0.25) is 0 Å². The number of H-pyrrole nitrogens is 1. The smallest absolute Gasteiger partial charge is 0.387 e. The van der Waals surface area contributed by atoms with Gasteiger partial charge in [0.25, 0.3) is 5.56 Å². The van der Waals surface area contributed by atoms with Crippen molar-refractivity contribution in [3.63, 3.8) is 0 Å². The lowest BCUT2D eigenvalue weighted by Crippen LogP contribution is -2.54. The van der Waals surface area contributed by atoms with Crippen molar-refractivity contribution in [1.82, 2.24) is 9.55 Å². The van der Waals surface area contributed by atoms with E-state index in [-0.39, 0.29) is 23.4 Å². The average molecular weight is 703 g/mol. The number of hydrogen-bond donors (Lipinski definition) is 4. The van der Waals surface area contributed by atoms with Crippen LogP contribution in [0.15, 0.2) is 21.9 Å². The number of hydrogen-bond acceptors (Lipinski definition) is 13. The van der Waals surface area contributed by atoms with Crippen molar-refractivity contribution < 1.29 is 47.4 Å². The van der Waals surface area contributed by atoms with E-state index in [0.29, 0.717) is 41.8 Å². The maximum Gasteiger partial charge on any atom is 0.474 e. The Balaban J connectivity index is 2.80. The zero-order valence-electron chi connectivity index (χ0n) is 26.9. The van der Waals surface area contributed by atoms with Crippen LogP contribution in [-0.4, -0.2) is 84.3 Å². The molecule has 0 aliphatic rings. The number of carbonyl (C=O) groups excluding carboxylic acids is 2. The van der Waals surface area contributed by atoms with E-state index in [1.165, 1.54) is 23.5 Å². The van der Waals surface area contributed by atoms with Crippen LogP contribution in [-0.2, 0) is 27.7 Å². The maximum atomic E-state index is 15.1. The number of aliphatic hydroxyl groups excluding tert-OH is 2. The van der Waals surface area contributed by atoms with Crippen LogP contribution >= 0.6 is 31.3 Å². The molecule has 4 atom stereocenters. The molecule has 0 amide bonds. The predicted octanol–water partition coefficient (Wildman–Crippen LogP) is 3.81. The molecule has 1 aromatic heterocycles. The fraction of sp³-hybridized carbons (Fsp3) is 0.786. The molecule has 13 nitrogen and oxygen atoms in total. The average Bonchev–Trinajstić information content (AvgIpc) is 2.93. The Morgan fingerprint density at radius 3 is 1.80 bits per heavy atom. The van der Waals surface area contributed by atoms with Crippen LogP contribution in [0.4, 0.5) is 4.39 Å². The molecule has 0 fully saturated rings. The van der Waals surface area contributed by atoms with E-state index in [1.54, 1.807) is 0 Å². The molecular weight excluding hydrogens is 654 g/mol. The molecular formula is C28H48FN2O11PS2. The van der Waals surface area contributed by atoms with Gasteiger partial charge in [0.1, 0.15) is 11.7 Å². The summed E-state index contributed by atoms with van der Waals surface area (Å²) in [4.78, 5) is 49.3. The van der Waals surface area contributed by atoms with Gasteiger partial charge in [0, 0.05) is 34.6 Å². The number of carbonyl (C=O) groups is 2. The van der Waals surface area contributed by atoms with Crippen molar-refractivity contribution in [2.24, 2.45) is 10.8 Å². The summed E-state index contributed by atoms with van der Waals surface area (Å²) < 4.78 is 44.8. The fourth-order valence-corrected chi connectivity index (χ4v) is 6.50. The van der Waals surface area contributed by atoms with E-state index in [2.05, 4.69) is 0 Å². The summed E-state index contributed by atoms with van der Waals surface area (Å²) in [5, 5.41) is 31.7. The third-order valence-corrected chi connectivity index (χ3v) is 10.4. The first kappa shape index (κ1) is 41.7. The Labute approximate surface area is 271 Å². The molecule has 17 heteroatoms. The second-order valence-corrected chi connectivity index (χ2v) is 16.5. The van der Waals surface area contributed by atoms with Gasteiger partial charge in [-0.15, -0.1) is 0 Å². The van der Waals surface area contributed by atoms with Crippen molar-refractivity contribution in [2.75, 3.05) is 31.3 Å². The van der Waals surface area contributed by atoms with Crippen molar-refractivity contribution >= 4 is 41.6 Å². The summed E-state index contributed by atoms with van der Waals surface area (Å²) in [5.74, 6) is 1.01. The van der Waals surface area contributed by atoms with Gasteiger partial charge in [-0.2, -0.15) is 0 Å². The highest BCUT2D eigenvalue weighted by Crippen LogP contribution is 2.50. The number of unbranched alkanes of at least 4 members (excludes halogenated alkanes) is 2. The summed E-state index contributed by atoms with van der Waals surface area (Å²) >= 11 is 2.35. The number of nitrogens with one attached hydrogen (secondary N) is 1. The molecule has 260 valence electrons. The van der Waals surface area contributed by atoms with Crippen molar-refractivity contribution in [2.45, 2.75) is 98.3 Å². The molecule has 1 aromatic rings. The first-order valence-electron chi connectivity index (χ1n) is 14.5. The molecule has 45 heavy (non-hydrogen) atoms. The lowest BCUT2D eigenvalue weighted by atomic mass is 9.93. The molecule has 4 N–H and O–H groups in total. The van der Waals surface area contributed by atoms with E-state index < -0.39 is 60.6 Å². The standard InChI is InChI=1S/C28H48FN2O11PS2/c1-26(2,3)23(35)44-16-10-8-14-40-43(39,41-15-9-11-17-45-24(36)27(4,5)6)42-18-19(29)21(33)28(7,38)22(34)31-13-12-20(32)30-25(31)37/h12-13,19,21-22,33-34,38H,8-11,14-18H2,1-7H3,(H,30,32,37)/t19-,21+,22+,28+/m0/s1. The zero-order chi connectivity index (χ0) is 34.6. The number of rotatable bonds is 19. The van der Waals surface area contributed by atoms with Crippen LogP contribution in [0.2, 0.25) is 0 Å². The molecule has 0 aromatic carbocycles. The van der Waals surface area contributed by atoms with Crippen molar-refractivity contribution in [3.8, 4) is 0 Å². The van der Waals surface area contributed by atoms with Gasteiger partial charge in [-0.3, -0.25) is 37.5 Å². The predicted molar refractivity (Wildman–Crippen MR) is 172 cm³/mol. The first-order chi connectivity index (χ1) is 20.6. The highest BCUT2D eigenvalue weighted by Gasteiger charge is 2.45. The van der Waals surface area contributed by atoms with Crippen molar-refractivity contribution in [1.29, 1.82) is 0 Å².